The second-order valence-electron chi connectivity index (χ2n) is 7.50. The lowest BCUT2D eigenvalue weighted by molar-refractivity contribution is 0.101. The number of rotatable bonds is 10. The summed E-state index contributed by atoms with van der Waals surface area (Å²) in [6, 6.07) is 18.7. The predicted molar refractivity (Wildman–Crippen MR) is 142 cm³/mol. The van der Waals surface area contributed by atoms with Crippen molar-refractivity contribution >= 4 is 57.4 Å². The van der Waals surface area contributed by atoms with Crippen molar-refractivity contribution in [2.75, 3.05) is 21.5 Å². The van der Waals surface area contributed by atoms with Gasteiger partial charge < -0.3 is 5.32 Å². The molecule has 0 saturated heterocycles. The second kappa shape index (κ2) is 12.1. The van der Waals surface area contributed by atoms with E-state index in [0.29, 0.717) is 16.1 Å². The van der Waals surface area contributed by atoms with Crippen molar-refractivity contribution < 1.29 is 9.59 Å². The maximum atomic E-state index is 13.3. The number of anilines is 2. The van der Waals surface area contributed by atoms with Crippen molar-refractivity contribution in [2.45, 2.75) is 33.2 Å². The normalized spacial score (nSPS) is 10.9. The molecular formula is C25H28IN3O2S. The van der Waals surface area contributed by atoms with E-state index in [0.717, 1.165) is 43.7 Å². The van der Waals surface area contributed by atoms with E-state index < -0.39 is 0 Å². The van der Waals surface area contributed by atoms with Gasteiger partial charge >= 0.3 is 0 Å². The fraction of sp³-hybridized carbons (Fsp3) is 0.280. The highest BCUT2D eigenvalue weighted by Gasteiger charge is 2.19. The molecule has 0 aliphatic rings. The number of hydrogen-bond acceptors (Lipinski definition) is 4. The summed E-state index contributed by atoms with van der Waals surface area (Å²) in [7, 11) is 0. The van der Waals surface area contributed by atoms with Crippen molar-refractivity contribution in [3.8, 4) is 0 Å². The SMILES string of the molecule is CCCN(CCC)Cc1ccccc1N(I)C(=O)c1cccc(NC(=O)c2cccs2)c1. The smallest absolute Gasteiger partial charge is 0.267 e. The fourth-order valence-electron chi connectivity index (χ4n) is 3.53. The lowest BCUT2D eigenvalue weighted by atomic mass is 10.1. The molecule has 3 rings (SSSR count). The number of benzene rings is 2. The number of amides is 2. The standard InChI is InChI=1S/C25H28IN3O2S/c1-3-14-28(15-4-2)18-20-9-5-6-12-22(20)29(26)25(31)19-10-7-11-21(17-19)27-24(30)23-13-8-16-32-23/h5-13,16-17H,3-4,14-15,18H2,1-2H3,(H,27,30). The topological polar surface area (TPSA) is 52.6 Å². The van der Waals surface area contributed by atoms with Crippen LogP contribution in [0.3, 0.4) is 0 Å². The minimum absolute atomic E-state index is 0.122. The summed E-state index contributed by atoms with van der Waals surface area (Å²) in [6.45, 7) is 7.24. The highest BCUT2D eigenvalue weighted by Crippen LogP contribution is 2.28. The molecule has 0 bridgehead atoms. The van der Waals surface area contributed by atoms with Crippen LogP contribution in [0.5, 0.6) is 0 Å². The van der Waals surface area contributed by atoms with Gasteiger partial charge in [0.05, 0.1) is 33.4 Å². The predicted octanol–water partition coefficient (Wildman–Crippen LogP) is 6.62. The van der Waals surface area contributed by atoms with Gasteiger partial charge in [0, 0.05) is 17.8 Å². The number of nitrogens with zero attached hydrogens (tertiary/aromatic N) is 2. The third kappa shape index (κ3) is 6.40. The van der Waals surface area contributed by atoms with E-state index in [4.69, 9.17) is 0 Å². The molecule has 0 spiro atoms. The Balaban J connectivity index is 1.78. The third-order valence-electron chi connectivity index (χ3n) is 4.97. The number of hydrogen-bond donors (Lipinski definition) is 1. The molecule has 0 aliphatic heterocycles. The molecule has 0 saturated carbocycles. The number of nitrogens with one attached hydrogen (secondary N) is 1. The second-order valence-corrected chi connectivity index (χ2v) is 9.42. The number of para-hydroxylation sites is 1. The molecule has 3 aromatic rings. The first-order valence-corrected chi connectivity index (χ1v) is 12.6. The zero-order valence-electron chi connectivity index (χ0n) is 18.4. The van der Waals surface area contributed by atoms with Crippen molar-refractivity contribution in [3.63, 3.8) is 0 Å². The Hall–Kier alpha value is -2.23. The third-order valence-corrected chi connectivity index (χ3v) is 6.79. The molecule has 0 radical (unpaired) electrons. The van der Waals surface area contributed by atoms with E-state index in [9.17, 15) is 9.59 Å². The maximum Gasteiger partial charge on any atom is 0.267 e. The molecule has 7 heteroatoms. The molecule has 0 atom stereocenters. The number of thiophene rings is 1. The maximum absolute atomic E-state index is 13.3. The molecule has 1 aromatic heterocycles. The molecule has 1 heterocycles. The van der Waals surface area contributed by atoms with Gasteiger partial charge in [-0.25, -0.2) is 3.11 Å². The largest absolute Gasteiger partial charge is 0.321 e. The number of carbonyl (C=O) groups is 2. The lowest BCUT2D eigenvalue weighted by Crippen LogP contribution is -2.27. The Kier molecular flexibility index (Phi) is 9.25. The van der Waals surface area contributed by atoms with Crippen LogP contribution in [-0.2, 0) is 6.54 Å². The van der Waals surface area contributed by atoms with Gasteiger partial charge in [-0.3, -0.25) is 14.5 Å². The summed E-state index contributed by atoms with van der Waals surface area (Å²) in [4.78, 5) is 28.7. The molecule has 0 unspecified atom stereocenters. The van der Waals surface area contributed by atoms with Crippen molar-refractivity contribution in [2.24, 2.45) is 0 Å². The molecule has 168 valence electrons. The van der Waals surface area contributed by atoms with Gasteiger partial charge in [0.25, 0.3) is 11.8 Å². The monoisotopic (exact) mass is 561 g/mol. The van der Waals surface area contributed by atoms with Crippen LogP contribution in [0.1, 0.15) is 52.3 Å². The first-order valence-electron chi connectivity index (χ1n) is 10.8. The molecule has 0 fully saturated rings. The first-order chi connectivity index (χ1) is 15.5. The van der Waals surface area contributed by atoms with Gasteiger partial charge in [-0.15, -0.1) is 11.3 Å². The van der Waals surface area contributed by atoms with Crippen LogP contribution in [0.15, 0.2) is 66.0 Å². The van der Waals surface area contributed by atoms with Crippen LogP contribution >= 0.6 is 34.2 Å². The number of carbonyl (C=O) groups excluding carboxylic acids is 2. The molecule has 5 nitrogen and oxygen atoms in total. The van der Waals surface area contributed by atoms with E-state index in [-0.39, 0.29) is 11.8 Å². The van der Waals surface area contributed by atoms with Crippen molar-refractivity contribution in [1.82, 2.24) is 4.90 Å². The van der Waals surface area contributed by atoms with E-state index in [1.165, 1.54) is 11.3 Å². The highest BCUT2D eigenvalue weighted by atomic mass is 127. The Morgan fingerprint density at radius 2 is 1.72 bits per heavy atom. The molecule has 2 aromatic carbocycles. The Labute approximate surface area is 207 Å². The summed E-state index contributed by atoms with van der Waals surface area (Å²) >= 11 is 3.46. The van der Waals surface area contributed by atoms with Gasteiger partial charge in [0.1, 0.15) is 0 Å². The highest BCUT2D eigenvalue weighted by molar-refractivity contribution is 14.1. The van der Waals surface area contributed by atoms with Gasteiger partial charge in [-0.1, -0.05) is 44.2 Å². The summed E-state index contributed by atoms with van der Waals surface area (Å²) < 4.78 is 1.67. The molecule has 2 amide bonds. The van der Waals surface area contributed by atoms with Crippen LogP contribution in [0.4, 0.5) is 11.4 Å². The quantitative estimate of drug-likeness (QED) is 0.224. The fourth-order valence-corrected chi connectivity index (χ4v) is 4.90. The first kappa shape index (κ1) is 24.4. The van der Waals surface area contributed by atoms with E-state index in [1.54, 1.807) is 33.4 Å². The van der Waals surface area contributed by atoms with Gasteiger partial charge in [0.15, 0.2) is 0 Å². The Morgan fingerprint density at radius 1 is 0.969 bits per heavy atom. The summed E-state index contributed by atoms with van der Waals surface area (Å²) in [5.74, 6) is -0.295. The van der Waals surface area contributed by atoms with Gasteiger partial charge in [0.2, 0.25) is 0 Å². The van der Waals surface area contributed by atoms with E-state index >= 15 is 0 Å². The van der Waals surface area contributed by atoms with E-state index in [2.05, 4.69) is 53.0 Å². The summed E-state index contributed by atoms with van der Waals surface area (Å²) in [5.41, 5.74) is 3.14. The lowest BCUT2D eigenvalue weighted by Gasteiger charge is -2.25. The zero-order valence-corrected chi connectivity index (χ0v) is 21.4. The van der Waals surface area contributed by atoms with Crippen LogP contribution in [0, 0.1) is 0 Å². The average Bonchev–Trinajstić information content (AvgIpc) is 3.34. The average molecular weight is 561 g/mol. The molecular weight excluding hydrogens is 533 g/mol. The van der Waals surface area contributed by atoms with Crippen molar-refractivity contribution in [1.29, 1.82) is 0 Å². The van der Waals surface area contributed by atoms with Crippen molar-refractivity contribution in [3.05, 3.63) is 82.0 Å². The molecule has 32 heavy (non-hydrogen) atoms. The van der Waals surface area contributed by atoms with Crippen LogP contribution in [0.2, 0.25) is 0 Å². The Morgan fingerprint density at radius 3 is 2.41 bits per heavy atom. The van der Waals surface area contributed by atoms with Crippen LogP contribution in [-0.4, -0.2) is 29.8 Å². The number of halogens is 1. The molecule has 1 N–H and O–H groups in total. The zero-order chi connectivity index (χ0) is 22.9. The summed E-state index contributed by atoms with van der Waals surface area (Å²) in [6.07, 6.45) is 2.19. The van der Waals surface area contributed by atoms with Gasteiger partial charge in [-0.2, -0.15) is 0 Å². The summed E-state index contributed by atoms with van der Waals surface area (Å²) in [5, 5.41) is 4.74. The molecule has 0 aliphatic carbocycles. The Bertz CT molecular complexity index is 1030. The minimum atomic E-state index is -0.173. The van der Waals surface area contributed by atoms with Gasteiger partial charge in [-0.05, 0) is 67.2 Å². The van der Waals surface area contributed by atoms with Crippen LogP contribution in [0.25, 0.3) is 0 Å². The van der Waals surface area contributed by atoms with E-state index in [1.807, 2.05) is 29.6 Å². The minimum Gasteiger partial charge on any atom is -0.321 e. The van der Waals surface area contributed by atoms with Crippen LogP contribution < -0.4 is 8.43 Å².